The van der Waals surface area contributed by atoms with E-state index in [9.17, 15) is 13.6 Å². The second-order valence-electron chi connectivity index (χ2n) is 5.26. The Hall–Kier alpha value is -1.69. The van der Waals surface area contributed by atoms with E-state index >= 15 is 0 Å². The maximum atomic E-state index is 13.6. The first-order valence-electron chi connectivity index (χ1n) is 7.11. The number of nitrogens with two attached hydrogens (primary N) is 1. The van der Waals surface area contributed by atoms with Crippen LogP contribution in [0.3, 0.4) is 0 Å². The highest BCUT2D eigenvalue weighted by Crippen LogP contribution is 2.21. The van der Waals surface area contributed by atoms with Gasteiger partial charge in [-0.2, -0.15) is 0 Å². The van der Waals surface area contributed by atoms with Crippen molar-refractivity contribution in [3.05, 3.63) is 29.8 Å². The number of carbonyl (C=O) groups excluding carboxylic acids is 1. The lowest BCUT2D eigenvalue weighted by Gasteiger charge is -2.40. The number of carbonyl (C=O) groups is 1. The Morgan fingerprint density at radius 1 is 1.38 bits per heavy atom. The molecule has 1 atom stereocenters. The molecule has 1 unspecified atom stereocenters. The molecule has 0 bridgehead atoms. The highest BCUT2D eigenvalue weighted by molar-refractivity contribution is 5.90. The first-order chi connectivity index (χ1) is 9.87. The molecule has 1 aromatic carbocycles. The molecule has 118 valence electrons. The van der Waals surface area contributed by atoms with E-state index in [1.54, 1.807) is 4.90 Å². The van der Waals surface area contributed by atoms with Crippen LogP contribution in [0.1, 0.15) is 33.6 Å². The van der Waals surface area contributed by atoms with Crippen molar-refractivity contribution in [2.75, 3.05) is 18.4 Å². The highest BCUT2D eigenvalue weighted by atomic mass is 19.1. The minimum absolute atomic E-state index is 0.0435. The summed E-state index contributed by atoms with van der Waals surface area (Å²) in [5, 5.41) is 2.49. The van der Waals surface area contributed by atoms with Gasteiger partial charge in [-0.25, -0.2) is 13.6 Å². The van der Waals surface area contributed by atoms with E-state index in [4.69, 9.17) is 5.73 Å². The van der Waals surface area contributed by atoms with Crippen molar-refractivity contribution in [2.24, 2.45) is 5.73 Å². The largest absolute Gasteiger partial charge is 0.328 e. The summed E-state index contributed by atoms with van der Waals surface area (Å²) in [6.45, 7) is 6.61. The minimum Gasteiger partial charge on any atom is -0.328 e. The van der Waals surface area contributed by atoms with Gasteiger partial charge in [0.1, 0.15) is 11.6 Å². The van der Waals surface area contributed by atoms with Crippen LogP contribution in [0.2, 0.25) is 0 Å². The van der Waals surface area contributed by atoms with Crippen LogP contribution >= 0.6 is 0 Å². The van der Waals surface area contributed by atoms with Crippen molar-refractivity contribution in [3.63, 3.8) is 0 Å². The van der Waals surface area contributed by atoms with Crippen LogP contribution in [0, 0.1) is 11.6 Å². The summed E-state index contributed by atoms with van der Waals surface area (Å²) in [6, 6.07) is 2.61. The molecular weight excluding hydrogens is 276 g/mol. The topological polar surface area (TPSA) is 58.4 Å². The monoisotopic (exact) mass is 299 g/mol. The van der Waals surface area contributed by atoms with E-state index in [-0.39, 0.29) is 5.69 Å². The van der Waals surface area contributed by atoms with E-state index in [1.165, 1.54) is 6.07 Å². The average molecular weight is 299 g/mol. The first kappa shape index (κ1) is 17.4. The Morgan fingerprint density at radius 3 is 2.52 bits per heavy atom. The van der Waals surface area contributed by atoms with Crippen molar-refractivity contribution in [3.8, 4) is 0 Å². The summed E-state index contributed by atoms with van der Waals surface area (Å²) in [4.78, 5) is 14.0. The van der Waals surface area contributed by atoms with Crippen LogP contribution in [-0.2, 0) is 0 Å². The minimum atomic E-state index is -0.800. The summed E-state index contributed by atoms with van der Waals surface area (Å²) in [7, 11) is 0. The number of rotatable bonds is 6. The zero-order valence-corrected chi connectivity index (χ0v) is 12.7. The quantitative estimate of drug-likeness (QED) is 0.846. The molecule has 4 nitrogen and oxygen atoms in total. The number of hydrogen-bond acceptors (Lipinski definition) is 2. The van der Waals surface area contributed by atoms with Crippen LogP contribution in [-0.4, -0.2) is 29.6 Å². The molecule has 0 radical (unpaired) electrons. The summed E-state index contributed by atoms with van der Waals surface area (Å²) < 4.78 is 26.5. The van der Waals surface area contributed by atoms with Crippen LogP contribution in [0.25, 0.3) is 0 Å². The van der Waals surface area contributed by atoms with Crippen molar-refractivity contribution in [1.82, 2.24) is 4.90 Å². The fourth-order valence-corrected chi connectivity index (χ4v) is 2.06. The number of benzene rings is 1. The average Bonchev–Trinajstić information content (AvgIpc) is 2.46. The lowest BCUT2D eigenvalue weighted by Crippen LogP contribution is -2.55. The van der Waals surface area contributed by atoms with Gasteiger partial charge in [-0.05, 0) is 31.9 Å². The molecule has 0 aromatic heterocycles. The summed E-state index contributed by atoms with van der Waals surface area (Å²) in [5.41, 5.74) is 5.24. The molecule has 0 aliphatic carbocycles. The molecule has 0 heterocycles. The van der Waals surface area contributed by atoms with Crippen LogP contribution < -0.4 is 11.1 Å². The normalized spacial score (nSPS) is 13.6. The molecule has 0 aliphatic rings. The van der Waals surface area contributed by atoms with Crippen LogP contribution in [0.5, 0.6) is 0 Å². The van der Waals surface area contributed by atoms with Crippen molar-refractivity contribution in [2.45, 2.75) is 39.2 Å². The lowest BCUT2D eigenvalue weighted by molar-refractivity contribution is 0.135. The van der Waals surface area contributed by atoms with Gasteiger partial charge < -0.3 is 16.0 Å². The standard InChI is InChI=1S/C15H23F2N3O/c1-4-8-20(15(3,5-2)10-18)14(21)19-13-7-6-11(16)9-12(13)17/h6-7,9H,4-5,8,10,18H2,1-3H3,(H,19,21). The molecule has 2 amide bonds. The molecule has 1 aromatic rings. The molecule has 21 heavy (non-hydrogen) atoms. The van der Waals surface area contributed by atoms with E-state index in [0.717, 1.165) is 18.6 Å². The molecule has 0 fully saturated rings. The van der Waals surface area contributed by atoms with E-state index in [0.29, 0.717) is 19.5 Å². The number of anilines is 1. The summed E-state index contributed by atoms with van der Waals surface area (Å²) >= 11 is 0. The molecule has 1 rings (SSSR count). The third-order valence-corrected chi connectivity index (χ3v) is 3.72. The van der Waals surface area contributed by atoms with Gasteiger partial charge in [-0.15, -0.1) is 0 Å². The molecule has 0 spiro atoms. The number of halogens is 2. The third kappa shape index (κ3) is 4.14. The Balaban J connectivity index is 2.96. The maximum absolute atomic E-state index is 13.6. The van der Waals surface area contributed by atoms with Gasteiger partial charge in [-0.1, -0.05) is 13.8 Å². The number of nitrogens with zero attached hydrogens (tertiary/aromatic N) is 1. The molecule has 0 saturated heterocycles. The van der Waals surface area contributed by atoms with Crippen LogP contribution in [0.15, 0.2) is 18.2 Å². The predicted molar refractivity (Wildman–Crippen MR) is 80.1 cm³/mol. The van der Waals surface area contributed by atoms with Gasteiger partial charge in [-0.3, -0.25) is 0 Å². The second-order valence-corrected chi connectivity index (χ2v) is 5.26. The maximum Gasteiger partial charge on any atom is 0.322 e. The Morgan fingerprint density at radius 2 is 2.05 bits per heavy atom. The van der Waals surface area contributed by atoms with Crippen LogP contribution in [0.4, 0.5) is 19.3 Å². The van der Waals surface area contributed by atoms with Gasteiger partial charge in [0.15, 0.2) is 0 Å². The Labute approximate surface area is 124 Å². The lowest BCUT2D eigenvalue weighted by atomic mass is 9.96. The van der Waals surface area contributed by atoms with E-state index < -0.39 is 23.2 Å². The van der Waals surface area contributed by atoms with Crippen molar-refractivity contribution < 1.29 is 13.6 Å². The van der Waals surface area contributed by atoms with Gasteiger partial charge in [0.05, 0.1) is 11.2 Å². The highest BCUT2D eigenvalue weighted by Gasteiger charge is 2.32. The second kappa shape index (κ2) is 7.36. The number of urea groups is 1. The molecular formula is C15H23F2N3O. The molecule has 3 N–H and O–H groups in total. The molecule has 0 aliphatic heterocycles. The van der Waals surface area contributed by atoms with E-state index in [1.807, 2.05) is 20.8 Å². The Kier molecular flexibility index (Phi) is 6.08. The van der Waals surface area contributed by atoms with Gasteiger partial charge >= 0.3 is 6.03 Å². The zero-order chi connectivity index (χ0) is 16.0. The first-order valence-corrected chi connectivity index (χ1v) is 7.11. The zero-order valence-electron chi connectivity index (χ0n) is 12.7. The number of amides is 2. The number of nitrogens with one attached hydrogen (secondary N) is 1. The van der Waals surface area contributed by atoms with Gasteiger partial charge in [0.25, 0.3) is 0 Å². The molecule has 6 heteroatoms. The predicted octanol–water partition coefficient (Wildman–Crippen LogP) is 3.34. The SMILES string of the molecule is CCCN(C(=O)Nc1ccc(F)cc1F)C(C)(CC)CN. The Bertz CT molecular complexity index is 490. The summed E-state index contributed by atoms with van der Waals surface area (Å²) in [6.07, 6.45) is 1.44. The van der Waals surface area contributed by atoms with Gasteiger partial charge in [0.2, 0.25) is 0 Å². The van der Waals surface area contributed by atoms with Crippen molar-refractivity contribution in [1.29, 1.82) is 0 Å². The fraction of sp³-hybridized carbons (Fsp3) is 0.533. The molecule has 0 saturated carbocycles. The van der Waals surface area contributed by atoms with Crippen molar-refractivity contribution >= 4 is 11.7 Å². The smallest absolute Gasteiger partial charge is 0.322 e. The number of hydrogen-bond donors (Lipinski definition) is 2. The van der Waals surface area contributed by atoms with Gasteiger partial charge in [0, 0.05) is 19.2 Å². The fourth-order valence-electron chi connectivity index (χ4n) is 2.06. The summed E-state index contributed by atoms with van der Waals surface area (Å²) in [5.74, 6) is -1.48. The third-order valence-electron chi connectivity index (χ3n) is 3.72. The van der Waals surface area contributed by atoms with E-state index in [2.05, 4.69) is 5.32 Å².